The zero-order chi connectivity index (χ0) is 12.0. The highest BCUT2D eigenvalue weighted by Crippen LogP contribution is 2.34. The molecule has 1 heterocycles. The summed E-state index contributed by atoms with van der Waals surface area (Å²) in [6.45, 7) is 5.50. The first kappa shape index (κ1) is 13.6. The quantitative estimate of drug-likeness (QED) is 0.335. The summed E-state index contributed by atoms with van der Waals surface area (Å²) in [5.41, 5.74) is 5.80. The molecule has 3 N–H and O–H groups in total. The van der Waals surface area contributed by atoms with Crippen LogP contribution in [0.1, 0.15) is 32.6 Å². The van der Waals surface area contributed by atoms with Gasteiger partial charge in [-0.25, -0.2) is 0 Å². The van der Waals surface area contributed by atoms with Gasteiger partial charge in [0.25, 0.3) is 0 Å². The molecular formula is C11H23N3OS. The predicted octanol–water partition coefficient (Wildman–Crippen LogP) is 1.73. The average Bonchev–Trinajstić information content (AvgIpc) is 2.36. The maximum atomic E-state index is 8.83. The predicted molar refractivity (Wildman–Crippen MR) is 70.2 cm³/mol. The van der Waals surface area contributed by atoms with Gasteiger partial charge in [0.2, 0.25) is 0 Å². The molecule has 0 unspecified atom stereocenters. The standard InChI is InChI=1S/C11H23N3OS/c1-3-4-7-14-8-5-11(16-2,6-9-14)10(12)13-15/h15H,3-9H2,1-2H3,(H2,12,13). The van der Waals surface area contributed by atoms with Crippen molar-refractivity contribution in [3.63, 3.8) is 0 Å². The Morgan fingerprint density at radius 2 is 2.12 bits per heavy atom. The number of likely N-dealkylation sites (tertiary alicyclic amines) is 1. The average molecular weight is 245 g/mol. The second-order valence-electron chi connectivity index (χ2n) is 4.38. The van der Waals surface area contributed by atoms with Crippen LogP contribution >= 0.6 is 11.8 Å². The Hall–Kier alpha value is -0.420. The lowest BCUT2D eigenvalue weighted by molar-refractivity contribution is 0.214. The number of nitrogens with zero attached hydrogens (tertiary/aromatic N) is 2. The van der Waals surface area contributed by atoms with Crippen molar-refractivity contribution in [1.29, 1.82) is 0 Å². The van der Waals surface area contributed by atoms with E-state index in [2.05, 4.69) is 17.0 Å². The van der Waals surface area contributed by atoms with Crippen LogP contribution in [0.2, 0.25) is 0 Å². The van der Waals surface area contributed by atoms with Crippen LogP contribution in [0.4, 0.5) is 0 Å². The van der Waals surface area contributed by atoms with Gasteiger partial charge in [0.05, 0.1) is 4.75 Å². The molecule has 0 bridgehead atoms. The first-order chi connectivity index (χ1) is 7.68. The van der Waals surface area contributed by atoms with Crippen molar-refractivity contribution in [2.75, 3.05) is 25.9 Å². The fourth-order valence-corrected chi connectivity index (χ4v) is 3.02. The molecule has 0 atom stereocenters. The van der Waals surface area contributed by atoms with Gasteiger partial charge in [-0.05, 0) is 45.2 Å². The molecule has 0 aromatic heterocycles. The minimum atomic E-state index is -0.141. The number of thioether (sulfide) groups is 1. The van der Waals surface area contributed by atoms with Crippen molar-refractivity contribution in [3.05, 3.63) is 0 Å². The van der Waals surface area contributed by atoms with E-state index in [4.69, 9.17) is 10.9 Å². The fraction of sp³-hybridized carbons (Fsp3) is 0.909. The molecule has 0 aromatic carbocycles. The number of hydrogen-bond acceptors (Lipinski definition) is 4. The Labute approximate surface area is 102 Å². The molecule has 0 aliphatic carbocycles. The summed E-state index contributed by atoms with van der Waals surface area (Å²) in [6, 6.07) is 0. The van der Waals surface area contributed by atoms with E-state index >= 15 is 0 Å². The number of unbranched alkanes of at least 4 members (excludes halogenated alkanes) is 1. The van der Waals surface area contributed by atoms with E-state index in [0.717, 1.165) is 25.9 Å². The molecule has 1 saturated heterocycles. The summed E-state index contributed by atoms with van der Waals surface area (Å²) in [5, 5.41) is 12.0. The Balaban J connectivity index is 2.50. The molecule has 1 aliphatic rings. The van der Waals surface area contributed by atoms with Gasteiger partial charge in [0.1, 0.15) is 0 Å². The molecule has 16 heavy (non-hydrogen) atoms. The normalized spacial score (nSPS) is 22.2. The molecule has 4 nitrogen and oxygen atoms in total. The highest BCUT2D eigenvalue weighted by Gasteiger charge is 2.37. The van der Waals surface area contributed by atoms with Gasteiger partial charge in [-0.1, -0.05) is 18.5 Å². The summed E-state index contributed by atoms with van der Waals surface area (Å²) < 4.78 is -0.141. The molecule has 0 saturated carbocycles. The minimum absolute atomic E-state index is 0.141. The Bertz CT molecular complexity index is 237. The first-order valence-electron chi connectivity index (χ1n) is 5.94. The molecule has 0 spiro atoms. The van der Waals surface area contributed by atoms with Gasteiger partial charge in [-0.3, -0.25) is 0 Å². The summed E-state index contributed by atoms with van der Waals surface area (Å²) in [6.07, 6.45) is 6.50. The molecule has 5 heteroatoms. The fourth-order valence-electron chi connectivity index (χ4n) is 2.18. The van der Waals surface area contributed by atoms with Crippen LogP contribution in [0.15, 0.2) is 5.16 Å². The minimum Gasteiger partial charge on any atom is -0.409 e. The summed E-state index contributed by atoms with van der Waals surface area (Å²) >= 11 is 1.71. The smallest absolute Gasteiger partial charge is 0.155 e. The van der Waals surface area contributed by atoms with Crippen molar-refractivity contribution >= 4 is 17.6 Å². The lowest BCUT2D eigenvalue weighted by Crippen LogP contribution is -2.50. The number of oxime groups is 1. The first-order valence-corrected chi connectivity index (χ1v) is 7.16. The largest absolute Gasteiger partial charge is 0.409 e. The molecule has 94 valence electrons. The van der Waals surface area contributed by atoms with Gasteiger partial charge in [-0.2, -0.15) is 11.8 Å². The van der Waals surface area contributed by atoms with Gasteiger partial charge in [0, 0.05) is 0 Å². The van der Waals surface area contributed by atoms with E-state index in [0.29, 0.717) is 5.84 Å². The van der Waals surface area contributed by atoms with Crippen molar-refractivity contribution < 1.29 is 5.21 Å². The SMILES string of the molecule is CCCCN1CCC(SC)(C(N)=NO)CC1. The van der Waals surface area contributed by atoms with E-state index in [1.807, 2.05) is 6.26 Å². The molecule has 0 aromatic rings. The summed E-state index contributed by atoms with van der Waals surface area (Å²) in [4.78, 5) is 2.47. The van der Waals surface area contributed by atoms with Gasteiger partial charge in [0.15, 0.2) is 5.84 Å². The van der Waals surface area contributed by atoms with Crippen LogP contribution in [-0.2, 0) is 0 Å². The Kier molecular flexibility index (Phi) is 5.41. The highest BCUT2D eigenvalue weighted by molar-refractivity contribution is 8.00. The van der Waals surface area contributed by atoms with Crippen molar-refractivity contribution in [2.24, 2.45) is 10.9 Å². The Morgan fingerprint density at radius 1 is 1.50 bits per heavy atom. The molecule has 0 amide bonds. The van der Waals surface area contributed by atoms with E-state index in [9.17, 15) is 0 Å². The number of piperidine rings is 1. The number of amidine groups is 1. The summed E-state index contributed by atoms with van der Waals surface area (Å²) in [5.74, 6) is 0.384. The molecule has 1 aliphatic heterocycles. The van der Waals surface area contributed by atoms with Crippen molar-refractivity contribution in [1.82, 2.24) is 4.90 Å². The van der Waals surface area contributed by atoms with Crippen molar-refractivity contribution in [3.8, 4) is 0 Å². The van der Waals surface area contributed by atoms with Crippen LogP contribution in [0.25, 0.3) is 0 Å². The monoisotopic (exact) mass is 245 g/mol. The van der Waals surface area contributed by atoms with E-state index in [1.165, 1.54) is 19.4 Å². The molecule has 1 fully saturated rings. The molecule has 0 radical (unpaired) electrons. The third-order valence-electron chi connectivity index (χ3n) is 3.46. The summed E-state index contributed by atoms with van der Waals surface area (Å²) in [7, 11) is 0. The van der Waals surface area contributed by atoms with Crippen LogP contribution < -0.4 is 5.73 Å². The van der Waals surface area contributed by atoms with Crippen LogP contribution in [0.3, 0.4) is 0 Å². The van der Waals surface area contributed by atoms with Crippen LogP contribution in [-0.4, -0.2) is 46.6 Å². The maximum Gasteiger partial charge on any atom is 0.155 e. The van der Waals surface area contributed by atoms with Gasteiger partial charge < -0.3 is 15.8 Å². The third-order valence-corrected chi connectivity index (χ3v) is 4.86. The lowest BCUT2D eigenvalue weighted by atomic mass is 9.94. The third kappa shape index (κ3) is 3.04. The number of rotatable bonds is 5. The Morgan fingerprint density at radius 3 is 2.56 bits per heavy atom. The topological polar surface area (TPSA) is 61.8 Å². The van der Waals surface area contributed by atoms with Gasteiger partial charge >= 0.3 is 0 Å². The van der Waals surface area contributed by atoms with Crippen molar-refractivity contribution in [2.45, 2.75) is 37.4 Å². The van der Waals surface area contributed by atoms with E-state index < -0.39 is 0 Å². The van der Waals surface area contributed by atoms with Crippen LogP contribution in [0.5, 0.6) is 0 Å². The highest BCUT2D eigenvalue weighted by atomic mass is 32.2. The molecule has 1 rings (SSSR count). The second-order valence-corrected chi connectivity index (χ2v) is 5.57. The maximum absolute atomic E-state index is 8.83. The zero-order valence-corrected chi connectivity index (χ0v) is 11.1. The lowest BCUT2D eigenvalue weighted by Gasteiger charge is -2.39. The van der Waals surface area contributed by atoms with Crippen LogP contribution in [0, 0.1) is 0 Å². The van der Waals surface area contributed by atoms with E-state index in [1.54, 1.807) is 11.8 Å². The number of nitrogens with two attached hydrogens (primary N) is 1. The zero-order valence-electron chi connectivity index (χ0n) is 10.3. The van der Waals surface area contributed by atoms with E-state index in [-0.39, 0.29) is 4.75 Å². The molecular weight excluding hydrogens is 222 g/mol. The second kappa shape index (κ2) is 6.35. The van der Waals surface area contributed by atoms with Gasteiger partial charge in [-0.15, -0.1) is 0 Å². The number of hydrogen-bond donors (Lipinski definition) is 2.